The van der Waals surface area contributed by atoms with Crippen LogP contribution in [0.4, 0.5) is 5.69 Å². The number of fused-ring (bicyclic) bond motifs is 1. The van der Waals surface area contributed by atoms with Gasteiger partial charge in [0.15, 0.2) is 5.78 Å². The Morgan fingerprint density at radius 2 is 2.07 bits per heavy atom. The molecule has 0 saturated heterocycles. The van der Waals surface area contributed by atoms with Gasteiger partial charge in [0.25, 0.3) is 0 Å². The van der Waals surface area contributed by atoms with Crippen LogP contribution in [-0.4, -0.2) is 41.4 Å². The fourth-order valence-electron chi connectivity index (χ4n) is 3.21. The third-order valence-electron chi connectivity index (χ3n) is 5.09. The number of nitrogens with one attached hydrogen (secondary N) is 2. The minimum Gasteiger partial charge on any atom is -0.480 e. The first-order valence-electron chi connectivity index (χ1n) is 8.96. The van der Waals surface area contributed by atoms with E-state index in [9.17, 15) is 14.4 Å². The molecule has 0 radical (unpaired) electrons. The van der Waals surface area contributed by atoms with E-state index in [4.69, 9.17) is 10.8 Å². The highest BCUT2D eigenvalue weighted by Gasteiger charge is 2.42. The minimum atomic E-state index is -1.14. The fraction of sp³-hybridized carbons (Fsp3) is 0.450. The number of benzene rings is 1. The number of amides is 1. The largest absolute Gasteiger partial charge is 0.480 e. The van der Waals surface area contributed by atoms with Crippen molar-refractivity contribution in [2.75, 3.05) is 11.9 Å². The van der Waals surface area contributed by atoms with E-state index in [1.54, 1.807) is 18.2 Å². The van der Waals surface area contributed by atoms with E-state index in [2.05, 4.69) is 17.2 Å². The van der Waals surface area contributed by atoms with E-state index in [0.29, 0.717) is 5.56 Å². The molecule has 7 nitrogen and oxygen atoms in total. The molecule has 0 saturated carbocycles. The standard InChI is InChI=1S/C20H27N3O4/c1-4-20(2,3)18-13(11-22-16(24)10-9-14(21)19(26)27)17(25)12-7-5-6-8-15(12)23-18/h4-8,13-14,18,23H,1,9-11,21H2,2-3H3,(H,22,24)(H,26,27)/t13-,14-,18-/m0/s1. The van der Waals surface area contributed by atoms with Crippen molar-refractivity contribution in [3.8, 4) is 0 Å². The molecule has 3 atom stereocenters. The van der Waals surface area contributed by atoms with E-state index < -0.39 is 17.9 Å². The number of carbonyl (C=O) groups is 3. The first-order valence-corrected chi connectivity index (χ1v) is 8.96. The molecule has 5 N–H and O–H groups in total. The van der Waals surface area contributed by atoms with E-state index >= 15 is 0 Å². The summed E-state index contributed by atoms with van der Waals surface area (Å²) in [6.45, 7) is 8.00. The third kappa shape index (κ3) is 4.74. The second-order valence-electron chi connectivity index (χ2n) is 7.45. The molecule has 2 rings (SSSR count). The van der Waals surface area contributed by atoms with Crippen LogP contribution >= 0.6 is 0 Å². The number of para-hydroxylation sites is 1. The van der Waals surface area contributed by atoms with Gasteiger partial charge in [-0.3, -0.25) is 14.4 Å². The second-order valence-corrected chi connectivity index (χ2v) is 7.45. The van der Waals surface area contributed by atoms with Gasteiger partial charge in [-0.05, 0) is 18.6 Å². The first kappa shape index (κ1) is 20.6. The lowest BCUT2D eigenvalue weighted by Crippen LogP contribution is -2.52. The van der Waals surface area contributed by atoms with E-state index in [1.165, 1.54) is 0 Å². The average molecular weight is 373 g/mol. The van der Waals surface area contributed by atoms with Crippen molar-refractivity contribution in [2.45, 2.75) is 38.8 Å². The maximum Gasteiger partial charge on any atom is 0.320 e. The number of anilines is 1. The molecule has 1 heterocycles. The van der Waals surface area contributed by atoms with Crippen LogP contribution in [0.1, 0.15) is 37.0 Å². The minimum absolute atomic E-state index is 0.00604. The van der Waals surface area contributed by atoms with Gasteiger partial charge in [-0.1, -0.05) is 32.1 Å². The van der Waals surface area contributed by atoms with Crippen molar-refractivity contribution < 1.29 is 19.5 Å². The van der Waals surface area contributed by atoms with Crippen LogP contribution in [0, 0.1) is 11.3 Å². The van der Waals surface area contributed by atoms with E-state index in [0.717, 1.165) is 5.69 Å². The second kappa shape index (κ2) is 8.35. The Morgan fingerprint density at radius 1 is 1.41 bits per heavy atom. The number of nitrogens with two attached hydrogens (primary N) is 1. The van der Waals surface area contributed by atoms with E-state index in [1.807, 2.05) is 26.0 Å². The maximum absolute atomic E-state index is 13.0. The van der Waals surface area contributed by atoms with Crippen molar-refractivity contribution >= 4 is 23.3 Å². The molecular weight excluding hydrogens is 346 g/mol. The van der Waals surface area contributed by atoms with Gasteiger partial charge in [0.2, 0.25) is 5.91 Å². The Labute approximate surface area is 159 Å². The molecule has 1 aliphatic heterocycles. The SMILES string of the molecule is C=CC(C)(C)[C@H]1Nc2ccccc2C(=O)[C@@H]1CNC(=O)CC[C@H](N)C(=O)O. The fourth-order valence-corrected chi connectivity index (χ4v) is 3.21. The maximum atomic E-state index is 13.0. The third-order valence-corrected chi connectivity index (χ3v) is 5.09. The van der Waals surface area contributed by atoms with Gasteiger partial charge in [-0.15, -0.1) is 6.58 Å². The van der Waals surface area contributed by atoms with Gasteiger partial charge in [0.1, 0.15) is 6.04 Å². The lowest BCUT2D eigenvalue weighted by molar-refractivity contribution is -0.138. The topological polar surface area (TPSA) is 122 Å². The predicted molar refractivity (Wildman–Crippen MR) is 104 cm³/mol. The highest BCUT2D eigenvalue weighted by Crippen LogP contribution is 2.37. The Balaban J connectivity index is 2.12. The highest BCUT2D eigenvalue weighted by molar-refractivity contribution is 6.05. The van der Waals surface area contributed by atoms with Gasteiger partial charge in [-0.2, -0.15) is 0 Å². The number of rotatable bonds is 8. The summed E-state index contributed by atoms with van der Waals surface area (Å²) < 4.78 is 0. The molecule has 0 bridgehead atoms. The molecule has 0 spiro atoms. The molecule has 1 aromatic carbocycles. The molecular formula is C20H27N3O4. The molecule has 0 unspecified atom stereocenters. The Kier molecular flexibility index (Phi) is 6.38. The summed E-state index contributed by atoms with van der Waals surface area (Å²) in [5, 5.41) is 15.0. The Hall–Kier alpha value is -2.67. The molecule has 0 aliphatic carbocycles. The van der Waals surface area contributed by atoms with Gasteiger partial charge in [-0.25, -0.2) is 0 Å². The summed E-state index contributed by atoms with van der Waals surface area (Å²) in [6, 6.07) is 5.99. The van der Waals surface area contributed by atoms with Crippen LogP contribution in [0.25, 0.3) is 0 Å². The number of ketones is 1. The molecule has 27 heavy (non-hydrogen) atoms. The summed E-state index contributed by atoms with van der Waals surface area (Å²) in [7, 11) is 0. The van der Waals surface area contributed by atoms with Crippen molar-refractivity contribution in [1.29, 1.82) is 0 Å². The van der Waals surface area contributed by atoms with Gasteiger partial charge in [0, 0.05) is 35.7 Å². The Morgan fingerprint density at radius 3 is 2.70 bits per heavy atom. The quantitative estimate of drug-likeness (QED) is 0.516. The van der Waals surface area contributed by atoms with Crippen molar-refractivity contribution in [3.63, 3.8) is 0 Å². The summed E-state index contributed by atoms with van der Waals surface area (Å²) in [5.41, 5.74) is 6.41. The zero-order valence-corrected chi connectivity index (χ0v) is 15.7. The van der Waals surface area contributed by atoms with Crippen molar-refractivity contribution in [2.24, 2.45) is 17.1 Å². The molecule has 1 aliphatic rings. The van der Waals surface area contributed by atoms with Crippen LogP contribution in [0.3, 0.4) is 0 Å². The summed E-state index contributed by atoms with van der Waals surface area (Å²) in [6.07, 6.45) is 1.84. The molecule has 146 valence electrons. The summed E-state index contributed by atoms with van der Waals surface area (Å²) in [4.78, 5) is 35.9. The molecule has 1 amide bonds. The number of carboxylic acid groups (broad SMARTS) is 1. The zero-order valence-electron chi connectivity index (χ0n) is 15.7. The average Bonchev–Trinajstić information content (AvgIpc) is 2.64. The van der Waals surface area contributed by atoms with Crippen LogP contribution in [0.2, 0.25) is 0 Å². The summed E-state index contributed by atoms with van der Waals surface area (Å²) >= 11 is 0. The molecule has 0 fully saturated rings. The first-order chi connectivity index (χ1) is 12.7. The zero-order chi connectivity index (χ0) is 20.2. The van der Waals surface area contributed by atoms with E-state index in [-0.39, 0.29) is 42.5 Å². The van der Waals surface area contributed by atoms with Crippen LogP contribution in [0.5, 0.6) is 0 Å². The normalized spacial score (nSPS) is 20.2. The number of hydrogen-bond acceptors (Lipinski definition) is 5. The highest BCUT2D eigenvalue weighted by atomic mass is 16.4. The van der Waals surface area contributed by atoms with Gasteiger partial charge < -0.3 is 21.5 Å². The van der Waals surface area contributed by atoms with Crippen molar-refractivity contribution in [3.05, 3.63) is 42.5 Å². The number of carbonyl (C=O) groups excluding carboxylic acids is 2. The molecule has 0 aromatic heterocycles. The number of aliphatic carboxylic acids is 1. The number of Topliss-reactive ketones (excluding diaryl/α,β-unsaturated/α-hetero) is 1. The Bertz CT molecular complexity index is 744. The monoisotopic (exact) mass is 373 g/mol. The van der Waals surface area contributed by atoms with Crippen LogP contribution in [0.15, 0.2) is 36.9 Å². The van der Waals surface area contributed by atoms with Gasteiger partial charge in [0.05, 0.1) is 5.92 Å². The smallest absolute Gasteiger partial charge is 0.320 e. The molecule has 7 heteroatoms. The predicted octanol–water partition coefficient (Wildman–Crippen LogP) is 1.80. The van der Waals surface area contributed by atoms with Crippen molar-refractivity contribution in [1.82, 2.24) is 5.32 Å². The summed E-state index contributed by atoms with van der Waals surface area (Å²) in [5.74, 6) is -1.97. The lowest BCUT2D eigenvalue weighted by Gasteiger charge is -2.41. The molecule has 1 aromatic rings. The number of carboxylic acids is 1. The lowest BCUT2D eigenvalue weighted by atomic mass is 9.72. The van der Waals surface area contributed by atoms with Gasteiger partial charge >= 0.3 is 5.97 Å². The van der Waals surface area contributed by atoms with Crippen LogP contribution in [-0.2, 0) is 9.59 Å². The van der Waals surface area contributed by atoms with Crippen LogP contribution < -0.4 is 16.4 Å². The number of hydrogen-bond donors (Lipinski definition) is 4.